The summed E-state index contributed by atoms with van der Waals surface area (Å²) in [5, 5.41) is 2.74. The summed E-state index contributed by atoms with van der Waals surface area (Å²) >= 11 is 0. The number of amides is 2. The summed E-state index contributed by atoms with van der Waals surface area (Å²) in [6, 6.07) is 19.2. The topological polar surface area (TPSA) is 90.7 Å². The van der Waals surface area contributed by atoms with Crippen molar-refractivity contribution in [1.29, 1.82) is 0 Å². The van der Waals surface area contributed by atoms with E-state index in [4.69, 9.17) is 15.2 Å². The third-order valence-corrected chi connectivity index (χ3v) is 3.95. The van der Waals surface area contributed by atoms with Crippen molar-refractivity contribution in [3.63, 3.8) is 0 Å². The molecule has 6 nitrogen and oxygen atoms in total. The van der Waals surface area contributed by atoms with Gasteiger partial charge < -0.3 is 20.5 Å². The number of carbonyl (C=O) groups is 2. The number of primary amides is 1. The van der Waals surface area contributed by atoms with Gasteiger partial charge in [-0.1, -0.05) is 18.2 Å². The predicted octanol–water partition coefficient (Wildman–Crippen LogP) is 3.41. The molecule has 7 heteroatoms. The maximum absolute atomic E-state index is 12.9. The highest BCUT2D eigenvalue weighted by Gasteiger charge is 2.06. The fraction of sp³-hybridized carbons (Fsp3) is 0.0909. The molecule has 0 aliphatic heterocycles. The number of halogens is 1. The van der Waals surface area contributed by atoms with Gasteiger partial charge in [0.2, 0.25) is 5.91 Å². The molecule has 0 radical (unpaired) electrons. The summed E-state index contributed by atoms with van der Waals surface area (Å²) in [7, 11) is 0. The van der Waals surface area contributed by atoms with E-state index in [9.17, 15) is 14.0 Å². The second-order valence-corrected chi connectivity index (χ2v) is 6.16. The number of hydrogen-bond acceptors (Lipinski definition) is 4. The van der Waals surface area contributed by atoms with E-state index >= 15 is 0 Å². The Hall–Kier alpha value is -3.87. The maximum Gasteiger partial charge on any atom is 0.258 e. The lowest BCUT2D eigenvalue weighted by molar-refractivity contribution is -0.123. The van der Waals surface area contributed by atoms with Gasteiger partial charge in [-0.15, -0.1) is 0 Å². The predicted molar refractivity (Wildman–Crippen MR) is 105 cm³/mol. The van der Waals surface area contributed by atoms with E-state index < -0.39 is 5.91 Å². The van der Waals surface area contributed by atoms with Crippen LogP contribution in [-0.4, -0.2) is 18.4 Å². The Labute approximate surface area is 167 Å². The number of rotatable bonds is 8. The number of benzene rings is 3. The highest BCUT2D eigenvalue weighted by molar-refractivity contribution is 5.93. The molecule has 3 aromatic carbocycles. The first-order chi connectivity index (χ1) is 14.0. The zero-order valence-corrected chi connectivity index (χ0v) is 15.4. The highest BCUT2D eigenvalue weighted by Crippen LogP contribution is 2.21. The van der Waals surface area contributed by atoms with Crippen molar-refractivity contribution >= 4 is 11.8 Å². The molecule has 3 N–H and O–H groups in total. The Morgan fingerprint density at radius 2 is 1.55 bits per heavy atom. The third kappa shape index (κ3) is 6.07. The molecule has 2 amide bonds. The fourth-order valence-corrected chi connectivity index (χ4v) is 2.45. The second kappa shape index (κ2) is 9.36. The SMILES string of the molecule is NC(=O)c1cccc(OCC(=O)NCc2ccc(Oc3ccc(F)cc3)cc2)c1. The van der Waals surface area contributed by atoms with Crippen LogP contribution in [0.4, 0.5) is 4.39 Å². The average Bonchev–Trinajstić information content (AvgIpc) is 2.73. The van der Waals surface area contributed by atoms with Crippen LogP contribution in [0.15, 0.2) is 72.8 Å². The molecule has 0 atom stereocenters. The molecule has 0 aliphatic carbocycles. The third-order valence-electron chi connectivity index (χ3n) is 3.95. The van der Waals surface area contributed by atoms with Crippen LogP contribution < -0.4 is 20.5 Å². The van der Waals surface area contributed by atoms with Crippen LogP contribution in [-0.2, 0) is 11.3 Å². The van der Waals surface area contributed by atoms with Gasteiger partial charge in [0.25, 0.3) is 5.91 Å². The van der Waals surface area contributed by atoms with Crippen molar-refractivity contribution < 1.29 is 23.5 Å². The summed E-state index contributed by atoms with van der Waals surface area (Å²) < 4.78 is 23.9. The Balaban J connectivity index is 1.45. The maximum atomic E-state index is 12.9. The minimum Gasteiger partial charge on any atom is -0.484 e. The van der Waals surface area contributed by atoms with Crippen LogP contribution in [0.5, 0.6) is 17.2 Å². The second-order valence-electron chi connectivity index (χ2n) is 6.16. The van der Waals surface area contributed by atoms with Crippen molar-refractivity contribution in [3.8, 4) is 17.2 Å². The van der Waals surface area contributed by atoms with Gasteiger partial charge >= 0.3 is 0 Å². The largest absolute Gasteiger partial charge is 0.484 e. The molecular weight excluding hydrogens is 375 g/mol. The number of nitrogens with two attached hydrogens (primary N) is 1. The van der Waals surface area contributed by atoms with Crippen molar-refractivity contribution in [3.05, 3.63) is 89.7 Å². The van der Waals surface area contributed by atoms with Crippen LogP contribution in [0.3, 0.4) is 0 Å². The van der Waals surface area contributed by atoms with Gasteiger partial charge in [0.05, 0.1) is 0 Å². The molecule has 0 spiro atoms. The number of carbonyl (C=O) groups excluding carboxylic acids is 2. The van der Waals surface area contributed by atoms with Crippen LogP contribution >= 0.6 is 0 Å². The quantitative estimate of drug-likeness (QED) is 0.613. The number of nitrogens with one attached hydrogen (secondary N) is 1. The first-order valence-electron chi connectivity index (χ1n) is 8.81. The van der Waals surface area contributed by atoms with Crippen molar-refractivity contribution in [2.24, 2.45) is 5.73 Å². The van der Waals surface area contributed by atoms with Gasteiger partial charge in [0.15, 0.2) is 6.61 Å². The zero-order valence-electron chi connectivity index (χ0n) is 15.4. The summed E-state index contributed by atoms with van der Waals surface area (Å²) in [6.45, 7) is 0.133. The summed E-state index contributed by atoms with van der Waals surface area (Å²) in [4.78, 5) is 23.1. The first-order valence-corrected chi connectivity index (χ1v) is 8.81. The lowest BCUT2D eigenvalue weighted by atomic mass is 10.2. The molecule has 0 heterocycles. The minimum atomic E-state index is -0.563. The van der Waals surface area contributed by atoms with Crippen molar-refractivity contribution in [2.75, 3.05) is 6.61 Å². The van der Waals surface area contributed by atoms with E-state index in [1.807, 2.05) is 12.1 Å². The van der Waals surface area contributed by atoms with Crippen LogP contribution in [0.25, 0.3) is 0 Å². The van der Waals surface area contributed by atoms with E-state index in [0.29, 0.717) is 29.4 Å². The molecule has 0 bridgehead atoms. The van der Waals surface area contributed by atoms with E-state index in [1.54, 1.807) is 42.5 Å². The number of ether oxygens (including phenoxy) is 2. The standard InChI is InChI=1S/C22H19FN2O4/c23-17-6-10-19(11-7-17)29-18-8-4-15(5-9-18)13-25-21(26)14-28-20-3-1-2-16(12-20)22(24)27/h1-12H,13-14H2,(H2,24,27)(H,25,26). The van der Waals surface area contributed by atoms with Gasteiger partial charge in [-0.05, 0) is 60.2 Å². The van der Waals surface area contributed by atoms with Gasteiger partial charge in [0.1, 0.15) is 23.1 Å². The van der Waals surface area contributed by atoms with Gasteiger partial charge in [-0.25, -0.2) is 4.39 Å². The molecule has 0 saturated carbocycles. The van der Waals surface area contributed by atoms with Gasteiger partial charge in [-0.3, -0.25) is 9.59 Å². The Morgan fingerprint density at radius 3 is 2.21 bits per heavy atom. The van der Waals surface area contributed by atoms with Crippen molar-refractivity contribution in [2.45, 2.75) is 6.54 Å². The Morgan fingerprint density at radius 1 is 0.897 bits per heavy atom. The molecule has 3 rings (SSSR count). The lowest BCUT2D eigenvalue weighted by Crippen LogP contribution is -2.28. The molecular formula is C22H19FN2O4. The molecule has 29 heavy (non-hydrogen) atoms. The van der Waals surface area contributed by atoms with Gasteiger partial charge in [-0.2, -0.15) is 0 Å². The molecule has 0 unspecified atom stereocenters. The van der Waals surface area contributed by atoms with Gasteiger partial charge in [0, 0.05) is 12.1 Å². The molecule has 148 valence electrons. The molecule has 0 fully saturated rings. The van der Waals surface area contributed by atoms with E-state index in [2.05, 4.69) is 5.32 Å². The monoisotopic (exact) mass is 394 g/mol. The molecule has 0 aliphatic rings. The lowest BCUT2D eigenvalue weighted by Gasteiger charge is -2.09. The molecule has 3 aromatic rings. The summed E-state index contributed by atoms with van der Waals surface area (Å²) in [5.74, 6) is 0.328. The molecule has 0 aromatic heterocycles. The average molecular weight is 394 g/mol. The zero-order chi connectivity index (χ0) is 20.6. The van der Waals surface area contributed by atoms with Crippen molar-refractivity contribution in [1.82, 2.24) is 5.32 Å². The normalized spacial score (nSPS) is 10.2. The summed E-state index contributed by atoms with van der Waals surface area (Å²) in [6.07, 6.45) is 0. The van der Waals surface area contributed by atoms with Crippen LogP contribution in [0.1, 0.15) is 15.9 Å². The van der Waals surface area contributed by atoms with E-state index in [0.717, 1.165) is 5.56 Å². The summed E-state index contributed by atoms with van der Waals surface area (Å²) in [5.41, 5.74) is 6.40. The molecule has 0 saturated heterocycles. The number of hydrogen-bond donors (Lipinski definition) is 2. The van der Waals surface area contributed by atoms with Crippen LogP contribution in [0, 0.1) is 5.82 Å². The Kier molecular flexibility index (Phi) is 6.42. The van der Waals surface area contributed by atoms with E-state index in [1.165, 1.54) is 18.2 Å². The smallest absolute Gasteiger partial charge is 0.258 e. The highest BCUT2D eigenvalue weighted by atomic mass is 19.1. The fourth-order valence-electron chi connectivity index (χ4n) is 2.45. The van der Waals surface area contributed by atoms with Crippen LogP contribution in [0.2, 0.25) is 0 Å². The van der Waals surface area contributed by atoms with E-state index in [-0.39, 0.29) is 18.3 Å². The first kappa shape index (κ1) is 19.9. The Bertz CT molecular complexity index is 988. The minimum absolute atomic E-state index is 0.187.